The number of aryl methyl sites for hydroxylation is 1. The molecule has 116 valence electrons. The molecule has 0 bridgehead atoms. The van der Waals surface area contributed by atoms with Crippen LogP contribution in [0.15, 0.2) is 32.3 Å². The minimum atomic E-state index is -3.70. The van der Waals surface area contributed by atoms with Gasteiger partial charge in [0.25, 0.3) is 10.0 Å². The number of hydrogen-bond donors (Lipinski definition) is 2. The van der Waals surface area contributed by atoms with Crippen molar-refractivity contribution in [3.05, 3.63) is 35.7 Å². The van der Waals surface area contributed by atoms with Crippen molar-refractivity contribution in [2.45, 2.75) is 38.5 Å². The van der Waals surface area contributed by atoms with Crippen LogP contribution < -0.4 is 10.0 Å². The van der Waals surface area contributed by atoms with Crippen LogP contribution in [-0.2, 0) is 23.1 Å². The summed E-state index contributed by atoms with van der Waals surface area (Å²) in [5, 5.41) is 3.03. The van der Waals surface area contributed by atoms with Crippen molar-refractivity contribution in [1.29, 1.82) is 0 Å². The summed E-state index contributed by atoms with van der Waals surface area (Å²) >= 11 is 0. The van der Waals surface area contributed by atoms with Gasteiger partial charge in [-0.1, -0.05) is 6.92 Å². The molecular weight excluding hydrogens is 294 g/mol. The predicted molar refractivity (Wildman–Crippen MR) is 76.0 cm³/mol. The first-order chi connectivity index (χ1) is 10.0. The van der Waals surface area contributed by atoms with Crippen LogP contribution in [-0.4, -0.2) is 19.9 Å². The van der Waals surface area contributed by atoms with E-state index < -0.39 is 10.0 Å². The van der Waals surface area contributed by atoms with Crippen LogP contribution in [0.3, 0.4) is 0 Å². The number of sulfonamides is 1. The van der Waals surface area contributed by atoms with Crippen LogP contribution in [0, 0.1) is 6.92 Å². The van der Waals surface area contributed by atoms with Crippen molar-refractivity contribution >= 4 is 10.0 Å². The summed E-state index contributed by atoms with van der Waals surface area (Å²) in [4.78, 5) is 3.93. The molecule has 0 unspecified atom stereocenters. The Hall–Kier alpha value is -1.64. The number of oxazole rings is 1. The van der Waals surface area contributed by atoms with E-state index >= 15 is 0 Å². The van der Waals surface area contributed by atoms with E-state index in [0.29, 0.717) is 24.0 Å². The number of hydrogen-bond acceptors (Lipinski definition) is 6. The first-order valence-electron chi connectivity index (χ1n) is 6.71. The highest BCUT2D eigenvalue weighted by Crippen LogP contribution is 2.14. The second-order valence-electron chi connectivity index (χ2n) is 4.59. The van der Waals surface area contributed by atoms with Crippen LogP contribution in [0.1, 0.15) is 30.8 Å². The zero-order valence-corrected chi connectivity index (χ0v) is 12.9. The summed E-state index contributed by atoms with van der Waals surface area (Å²) in [6, 6.07) is 3.08. The van der Waals surface area contributed by atoms with E-state index in [2.05, 4.69) is 21.9 Å². The standard InChI is InChI=1S/C13H19N3O4S/c1-3-6-14-8-11-4-5-13(20-11)21(17,18)16-9-12-15-7-10(2)19-12/h4-5,7,14,16H,3,6,8-9H2,1-2H3. The van der Waals surface area contributed by atoms with Gasteiger partial charge in [-0.25, -0.2) is 13.4 Å². The van der Waals surface area contributed by atoms with Crippen molar-refractivity contribution in [2.75, 3.05) is 6.54 Å². The van der Waals surface area contributed by atoms with Crippen molar-refractivity contribution in [1.82, 2.24) is 15.0 Å². The monoisotopic (exact) mass is 313 g/mol. The molecule has 0 atom stereocenters. The summed E-state index contributed by atoms with van der Waals surface area (Å²) < 4.78 is 37.0. The Morgan fingerprint density at radius 3 is 2.71 bits per heavy atom. The lowest BCUT2D eigenvalue weighted by molar-refractivity contribution is 0.398. The van der Waals surface area contributed by atoms with Crippen LogP contribution >= 0.6 is 0 Å². The van der Waals surface area contributed by atoms with E-state index in [1.807, 2.05) is 0 Å². The van der Waals surface area contributed by atoms with Crippen LogP contribution in [0.5, 0.6) is 0 Å². The average Bonchev–Trinajstić information content (AvgIpc) is 3.06. The van der Waals surface area contributed by atoms with Gasteiger partial charge in [0.05, 0.1) is 19.3 Å². The summed E-state index contributed by atoms with van der Waals surface area (Å²) in [6.45, 7) is 5.14. The molecule has 2 rings (SSSR count). The van der Waals surface area contributed by atoms with Gasteiger partial charge in [-0.2, -0.15) is 4.72 Å². The third kappa shape index (κ3) is 4.42. The fourth-order valence-corrected chi connectivity index (χ4v) is 2.62. The smallest absolute Gasteiger partial charge is 0.274 e. The molecule has 2 aromatic rings. The maximum absolute atomic E-state index is 12.1. The lowest BCUT2D eigenvalue weighted by atomic mass is 10.4. The number of nitrogens with one attached hydrogen (secondary N) is 2. The van der Waals surface area contributed by atoms with E-state index in [1.54, 1.807) is 13.0 Å². The van der Waals surface area contributed by atoms with Gasteiger partial charge in [-0.05, 0) is 32.0 Å². The Balaban J connectivity index is 1.95. The molecule has 0 saturated carbocycles. The van der Waals surface area contributed by atoms with Gasteiger partial charge in [0.1, 0.15) is 11.5 Å². The molecule has 0 radical (unpaired) electrons. The zero-order valence-electron chi connectivity index (χ0n) is 12.0. The summed E-state index contributed by atoms with van der Waals surface area (Å²) in [5.41, 5.74) is 0. The van der Waals surface area contributed by atoms with Gasteiger partial charge in [0.2, 0.25) is 11.0 Å². The number of nitrogens with zero attached hydrogens (tertiary/aromatic N) is 1. The molecule has 0 aromatic carbocycles. The summed E-state index contributed by atoms with van der Waals surface area (Å²) in [5.74, 6) is 1.52. The highest BCUT2D eigenvalue weighted by atomic mass is 32.2. The predicted octanol–water partition coefficient (Wildman–Crippen LogP) is 1.55. The minimum Gasteiger partial charge on any atom is -0.447 e. The second kappa shape index (κ2) is 6.88. The number of aromatic nitrogens is 1. The van der Waals surface area contributed by atoms with Crippen LogP contribution in [0.4, 0.5) is 0 Å². The van der Waals surface area contributed by atoms with Gasteiger partial charge in [0, 0.05) is 0 Å². The highest BCUT2D eigenvalue weighted by Gasteiger charge is 2.19. The third-order valence-corrected chi connectivity index (χ3v) is 3.98. The largest absolute Gasteiger partial charge is 0.447 e. The highest BCUT2D eigenvalue weighted by molar-refractivity contribution is 7.89. The Morgan fingerprint density at radius 2 is 2.05 bits per heavy atom. The molecule has 2 N–H and O–H groups in total. The van der Waals surface area contributed by atoms with E-state index in [-0.39, 0.29) is 11.6 Å². The van der Waals surface area contributed by atoms with Crippen molar-refractivity contribution in [2.24, 2.45) is 0 Å². The molecule has 0 aliphatic heterocycles. The summed E-state index contributed by atoms with van der Waals surface area (Å²) in [6.07, 6.45) is 2.54. The lowest BCUT2D eigenvalue weighted by Gasteiger charge is -2.02. The maximum Gasteiger partial charge on any atom is 0.274 e. The molecule has 0 aliphatic rings. The first-order valence-corrected chi connectivity index (χ1v) is 8.20. The normalized spacial score (nSPS) is 11.9. The average molecular weight is 313 g/mol. The third-order valence-electron chi connectivity index (χ3n) is 2.71. The SMILES string of the molecule is CCCNCc1ccc(S(=O)(=O)NCc2ncc(C)o2)o1. The fraction of sp³-hybridized carbons (Fsp3) is 0.462. The quantitative estimate of drug-likeness (QED) is 0.718. The lowest BCUT2D eigenvalue weighted by Crippen LogP contribution is -2.23. The van der Waals surface area contributed by atoms with Gasteiger partial charge in [0.15, 0.2) is 0 Å². The van der Waals surface area contributed by atoms with Crippen molar-refractivity contribution < 1.29 is 17.3 Å². The molecule has 21 heavy (non-hydrogen) atoms. The molecule has 0 fully saturated rings. The Morgan fingerprint density at radius 1 is 1.24 bits per heavy atom. The van der Waals surface area contributed by atoms with Gasteiger partial charge < -0.3 is 14.2 Å². The first kappa shape index (κ1) is 15.7. The molecule has 0 spiro atoms. The second-order valence-corrected chi connectivity index (χ2v) is 6.28. The number of furan rings is 1. The molecule has 2 heterocycles. The minimum absolute atomic E-state index is 0.0136. The van der Waals surface area contributed by atoms with Gasteiger partial charge in [-0.3, -0.25) is 0 Å². The molecular formula is C13H19N3O4S. The maximum atomic E-state index is 12.1. The molecule has 8 heteroatoms. The number of rotatable bonds is 8. The Bertz CT molecular complexity index is 675. The molecule has 0 amide bonds. The zero-order chi connectivity index (χ0) is 15.3. The summed E-state index contributed by atoms with van der Waals surface area (Å²) in [7, 11) is -3.70. The van der Waals surface area contributed by atoms with Crippen molar-refractivity contribution in [3.8, 4) is 0 Å². The van der Waals surface area contributed by atoms with E-state index in [0.717, 1.165) is 13.0 Å². The van der Waals surface area contributed by atoms with Gasteiger partial charge >= 0.3 is 0 Å². The molecule has 2 aromatic heterocycles. The fourth-order valence-electron chi connectivity index (χ4n) is 1.70. The Labute approximate surface area is 123 Å². The molecule has 7 nitrogen and oxygen atoms in total. The molecule has 0 saturated heterocycles. The van der Waals surface area contributed by atoms with E-state index in [1.165, 1.54) is 12.3 Å². The molecule has 0 aliphatic carbocycles. The van der Waals surface area contributed by atoms with Crippen molar-refractivity contribution in [3.63, 3.8) is 0 Å². The van der Waals surface area contributed by atoms with Crippen LogP contribution in [0.2, 0.25) is 0 Å². The Kier molecular flexibility index (Phi) is 5.16. The topological polar surface area (TPSA) is 97.4 Å². The van der Waals surface area contributed by atoms with Crippen LogP contribution in [0.25, 0.3) is 0 Å². The van der Waals surface area contributed by atoms with Gasteiger partial charge in [-0.15, -0.1) is 0 Å². The van der Waals surface area contributed by atoms with E-state index in [9.17, 15) is 8.42 Å². The van der Waals surface area contributed by atoms with E-state index in [4.69, 9.17) is 8.83 Å².